The lowest BCUT2D eigenvalue weighted by molar-refractivity contribution is 0.626. The van der Waals surface area contributed by atoms with Gasteiger partial charge in [0.1, 0.15) is 12.2 Å². The van der Waals surface area contributed by atoms with Gasteiger partial charge in [-0.3, -0.25) is 5.10 Å². The van der Waals surface area contributed by atoms with E-state index >= 15 is 0 Å². The summed E-state index contributed by atoms with van der Waals surface area (Å²) in [4.78, 5) is 0. The van der Waals surface area contributed by atoms with Crippen molar-refractivity contribution < 1.29 is 0 Å². The Morgan fingerprint density at radius 2 is 2.29 bits per heavy atom. The van der Waals surface area contributed by atoms with Crippen LogP contribution in [-0.4, -0.2) is 31.5 Å². The summed E-state index contributed by atoms with van der Waals surface area (Å²) in [6.45, 7) is 1.73. The Balaban J connectivity index is 1.35. The lowest BCUT2D eigenvalue weighted by Crippen LogP contribution is -2.18. The van der Waals surface area contributed by atoms with Crippen molar-refractivity contribution in [2.24, 2.45) is 0 Å². The highest BCUT2D eigenvalue weighted by Gasteiger charge is 2.25. The van der Waals surface area contributed by atoms with Gasteiger partial charge < -0.3 is 9.88 Å². The van der Waals surface area contributed by atoms with Crippen LogP contribution in [-0.2, 0) is 13.0 Å². The van der Waals surface area contributed by atoms with Crippen molar-refractivity contribution in [3.8, 4) is 0 Å². The van der Waals surface area contributed by atoms with Gasteiger partial charge in [-0.15, -0.1) is 10.2 Å². The summed E-state index contributed by atoms with van der Waals surface area (Å²) in [7, 11) is 0. The molecule has 1 aliphatic carbocycles. The largest absolute Gasteiger partial charge is 0.314 e. The van der Waals surface area contributed by atoms with Crippen LogP contribution < -0.4 is 5.32 Å². The minimum absolute atomic E-state index is 0.647. The topological polar surface area (TPSA) is 71.4 Å². The van der Waals surface area contributed by atoms with E-state index in [1.54, 1.807) is 0 Å². The molecule has 2 heterocycles. The van der Waals surface area contributed by atoms with Crippen LogP contribution in [0.15, 0.2) is 30.7 Å². The molecule has 0 bridgehead atoms. The molecule has 0 saturated heterocycles. The van der Waals surface area contributed by atoms with Gasteiger partial charge in [-0.25, -0.2) is 0 Å². The van der Waals surface area contributed by atoms with Gasteiger partial charge in [0, 0.05) is 30.9 Å². The van der Waals surface area contributed by atoms with Gasteiger partial charge in [-0.1, -0.05) is 18.2 Å². The molecule has 0 amide bonds. The first-order valence-corrected chi connectivity index (χ1v) is 7.42. The second-order valence-electron chi connectivity index (χ2n) is 5.56. The molecule has 0 spiro atoms. The van der Waals surface area contributed by atoms with Crippen LogP contribution in [0.3, 0.4) is 0 Å². The maximum Gasteiger partial charge on any atom is 0.134 e. The van der Waals surface area contributed by atoms with Crippen molar-refractivity contribution in [1.29, 1.82) is 0 Å². The molecule has 21 heavy (non-hydrogen) atoms. The van der Waals surface area contributed by atoms with E-state index in [4.69, 9.17) is 0 Å². The number of H-pyrrole nitrogens is 1. The van der Waals surface area contributed by atoms with Crippen molar-refractivity contribution in [3.63, 3.8) is 0 Å². The smallest absolute Gasteiger partial charge is 0.134 e. The number of hydrogen-bond acceptors (Lipinski definition) is 4. The molecule has 2 N–H and O–H groups in total. The summed E-state index contributed by atoms with van der Waals surface area (Å²) >= 11 is 0. The summed E-state index contributed by atoms with van der Waals surface area (Å²) < 4.78 is 2.22. The first-order valence-electron chi connectivity index (χ1n) is 7.42. The molecular formula is C15H18N6. The zero-order valence-corrected chi connectivity index (χ0v) is 11.8. The average Bonchev–Trinajstić information content (AvgIpc) is 3.05. The van der Waals surface area contributed by atoms with Crippen molar-refractivity contribution >= 4 is 10.9 Å². The minimum Gasteiger partial charge on any atom is -0.314 e. The van der Waals surface area contributed by atoms with Crippen LogP contribution in [0.4, 0.5) is 0 Å². The lowest BCUT2D eigenvalue weighted by Gasteiger charge is -2.07. The molecule has 3 aromatic rings. The number of nitrogens with one attached hydrogen (secondary N) is 2. The van der Waals surface area contributed by atoms with Gasteiger partial charge in [0.05, 0.1) is 11.7 Å². The first-order chi connectivity index (χ1) is 10.4. The average molecular weight is 282 g/mol. The predicted octanol–water partition coefficient (Wildman–Crippen LogP) is 1.82. The van der Waals surface area contributed by atoms with Crippen molar-refractivity contribution in [1.82, 2.24) is 30.3 Å². The highest BCUT2D eigenvalue weighted by atomic mass is 15.3. The van der Waals surface area contributed by atoms with Crippen LogP contribution in [0.1, 0.15) is 30.3 Å². The predicted molar refractivity (Wildman–Crippen MR) is 79.8 cm³/mol. The van der Waals surface area contributed by atoms with E-state index in [1.165, 1.54) is 18.4 Å². The van der Waals surface area contributed by atoms with Crippen molar-refractivity contribution in [2.45, 2.75) is 31.8 Å². The van der Waals surface area contributed by atoms with Gasteiger partial charge in [0.2, 0.25) is 0 Å². The van der Waals surface area contributed by atoms with E-state index in [1.807, 2.05) is 12.5 Å². The monoisotopic (exact) mass is 282 g/mol. The Labute approximate surface area is 122 Å². The molecular weight excluding hydrogens is 264 g/mol. The number of fused-ring (bicyclic) bond motifs is 1. The quantitative estimate of drug-likeness (QED) is 0.677. The van der Waals surface area contributed by atoms with Crippen LogP contribution >= 0.6 is 0 Å². The third-order valence-corrected chi connectivity index (χ3v) is 3.99. The molecule has 0 unspecified atom stereocenters. The van der Waals surface area contributed by atoms with E-state index in [9.17, 15) is 0 Å². The normalized spacial score (nSPS) is 14.9. The van der Waals surface area contributed by atoms with Gasteiger partial charge in [0.15, 0.2) is 0 Å². The fraction of sp³-hybridized carbons (Fsp3) is 0.400. The number of rotatable bonds is 6. The Kier molecular flexibility index (Phi) is 3.16. The maximum absolute atomic E-state index is 4.22. The number of benzene rings is 1. The Hall–Kier alpha value is -2.21. The number of aromatic nitrogens is 5. The van der Waals surface area contributed by atoms with E-state index in [2.05, 4.69) is 48.5 Å². The van der Waals surface area contributed by atoms with Crippen LogP contribution in [0, 0.1) is 0 Å². The summed E-state index contributed by atoms with van der Waals surface area (Å²) in [5, 5.41) is 20.0. The van der Waals surface area contributed by atoms with E-state index in [0.717, 1.165) is 36.2 Å². The second kappa shape index (κ2) is 5.29. The number of hydrogen-bond donors (Lipinski definition) is 2. The van der Waals surface area contributed by atoms with E-state index in [0.29, 0.717) is 6.04 Å². The molecule has 0 aliphatic heterocycles. The van der Waals surface area contributed by atoms with Gasteiger partial charge in [-0.2, -0.15) is 5.10 Å². The van der Waals surface area contributed by atoms with E-state index < -0.39 is 0 Å². The number of aromatic amines is 1. The third-order valence-electron chi connectivity index (χ3n) is 3.99. The summed E-state index contributed by atoms with van der Waals surface area (Å²) in [5.41, 5.74) is 2.36. The van der Waals surface area contributed by atoms with Gasteiger partial charge >= 0.3 is 0 Å². The zero-order valence-electron chi connectivity index (χ0n) is 11.8. The highest BCUT2D eigenvalue weighted by Crippen LogP contribution is 2.35. The summed E-state index contributed by atoms with van der Waals surface area (Å²) in [6, 6.07) is 6.91. The van der Waals surface area contributed by atoms with Crippen molar-refractivity contribution in [3.05, 3.63) is 42.1 Å². The van der Waals surface area contributed by atoms with Crippen LogP contribution in [0.25, 0.3) is 10.9 Å². The molecule has 108 valence electrons. The number of nitrogens with zero attached hydrogens (tertiary/aromatic N) is 4. The Morgan fingerprint density at radius 3 is 3.19 bits per heavy atom. The summed E-state index contributed by atoms with van der Waals surface area (Å²) in [5.74, 6) is 1.09. The zero-order chi connectivity index (χ0) is 14.1. The molecule has 4 rings (SSSR count). The molecule has 0 radical (unpaired) electrons. The molecule has 2 aromatic heterocycles. The maximum atomic E-state index is 4.22. The SMILES string of the molecule is c1cc(CNCCc2nncn2C2CC2)c2[nH]ncc2c1. The molecule has 1 fully saturated rings. The molecule has 1 aromatic carbocycles. The third kappa shape index (κ3) is 2.54. The van der Waals surface area contributed by atoms with Crippen molar-refractivity contribution in [2.75, 3.05) is 6.54 Å². The van der Waals surface area contributed by atoms with Gasteiger partial charge in [0.25, 0.3) is 0 Å². The Morgan fingerprint density at radius 1 is 1.33 bits per heavy atom. The molecule has 6 nitrogen and oxygen atoms in total. The first kappa shape index (κ1) is 12.5. The van der Waals surface area contributed by atoms with Gasteiger partial charge in [-0.05, 0) is 18.4 Å². The molecule has 1 aliphatic rings. The van der Waals surface area contributed by atoms with Crippen LogP contribution in [0.5, 0.6) is 0 Å². The lowest BCUT2D eigenvalue weighted by atomic mass is 10.1. The molecule has 6 heteroatoms. The minimum atomic E-state index is 0.647. The second-order valence-corrected chi connectivity index (χ2v) is 5.56. The number of para-hydroxylation sites is 1. The van der Waals surface area contributed by atoms with E-state index in [-0.39, 0.29) is 0 Å². The summed E-state index contributed by atoms with van der Waals surface area (Å²) in [6.07, 6.45) is 7.16. The fourth-order valence-corrected chi connectivity index (χ4v) is 2.70. The molecule has 0 atom stereocenters. The van der Waals surface area contributed by atoms with Crippen LogP contribution in [0.2, 0.25) is 0 Å². The molecule has 1 saturated carbocycles. The fourth-order valence-electron chi connectivity index (χ4n) is 2.70. The highest BCUT2D eigenvalue weighted by molar-refractivity contribution is 5.81. The standard InChI is InChI=1S/C15H18N6/c1-2-11(15-12(3-1)9-17-20-15)8-16-7-6-14-19-18-10-21(14)13-4-5-13/h1-3,9-10,13,16H,4-8H2,(H,17,20). The Bertz CT molecular complexity index is 739.